The highest BCUT2D eigenvalue weighted by molar-refractivity contribution is 5.83. The van der Waals surface area contributed by atoms with E-state index in [-0.39, 0.29) is 49.7 Å². The first-order chi connectivity index (χ1) is 19.3. The minimum Gasteiger partial charge on any atom is -0.461 e. The number of carbonyl (C=O) groups is 4. The first-order valence-corrected chi connectivity index (χ1v) is 14.2. The summed E-state index contributed by atoms with van der Waals surface area (Å²) in [5.74, 6) is -0.736. The van der Waals surface area contributed by atoms with Crippen molar-refractivity contribution in [1.29, 1.82) is 0 Å². The average molecular weight is 556 g/mol. The Balaban J connectivity index is 1.42. The standard InChI is InChI=1S/C31H43N3O6/c32-26(17-19-29(36)39-22-24-12-6-4-7-13-24)28(35)16-10-2-1-3-11-21-34-31(38)27(33)18-20-30(37)40-23-25-14-8-5-9-15-25/h4-9,12-15,26-27H,1-3,10-11,16-23,32-33H2,(H,34,38)/p+2/t26-,27-/m0/s1. The van der Waals surface area contributed by atoms with Gasteiger partial charge in [0, 0.05) is 25.8 Å². The number of hydrogen-bond acceptors (Lipinski definition) is 6. The Kier molecular flexibility index (Phi) is 15.9. The van der Waals surface area contributed by atoms with Gasteiger partial charge in [0.05, 0.1) is 12.8 Å². The summed E-state index contributed by atoms with van der Waals surface area (Å²) >= 11 is 0. The Morgan fingerprint density at radius 1 is 0.625 bits per heavy atom. The van der Waals surface area contributed by atoms with Crippen LogP contribution in [0, 0.1) is 0 Å². The van der Waals surface area contributed by atoms with E-state index in [0.29, 0.717) is 25.8 Å². The van der Waals surface area contributed by atoms with Gasteiger partial charge in [-0.05, 0) is 24.0 Å². The number of ketones is 1. The number of hydrogen-bond donors (Lipinski definition) is 3. The van der Waals surface area contributed by atoms with E-state index in [0.717, 1.165) is 43.2 Å². The Labute approximate surface area is 237 Å². The molecule has 0 aliphatic rings. The summed E-state index contributed by atoms with van der Waals surface area (Å²) in [6.07, 6.45) is 6.01. The Morgan fingerprint density at radius 2 is 1.10 bits per heavy atom. The first kappa shape index (κ1) is 32.7. The van der Waals surface area contributed by atoms with Crippen molar-refractivity contribution in [1.82, 2.24) is 5.32 Å². The summed E-state index contributed by atoms with van der Waals surface area (Å²) < 4.78 is 10.5. The molecule has 0 aromatic heterocycles. The second-order valence-electron chi connectivity index (χ2n) is 10.0. The van der Waals surface area contributed by atoms with Gasteiger partial charge < -0.3 is 26.3 Å². The van der Waals surface area contributed by atoms with Gasteiger partial charge in [0.25, 0.3) is 5.91 Å². The summed E-state index contributed by atoms with van der Waals surface area (Å²) in [7, 11) is 0. The third-order valence-electron chi connectivity index (χ3n) is 6.60. The van der Waals surface area contributed by atoms with Gasteiger partial charge in [0.15, 0.2) is 11.8 Å². The van der Waals surface area contributed by atoms with Crippen molar-refractivity contribution >= 4 is 23.6 Å². The Bertz CT molecular complexity index is 948. The second kappa shape index (κ2) is 19.5. The maximum Gasteiger partial charge on any atom is 0.306 e. The molecule has 40 heavy (non-hydrogen) atoms. The summed E-state index contributed by atoms with van der Waals surface area (Å²) in [6, 6.07) is 18.0. The normalized spacial score (nSPS) is 12.2. The van der Waals surface area contributed by atoms with Crippen LogP contribution in [0.25, 0.3) is 0 Å². The number of nitrogens with one attached hydrogen (secondary N) is 1. The molecular formula is C31H45N3O6+2. The molecule has 0 spiro atoms. The number of rotatable bonds is 20. The molecule has 218 valence electrons. The molecule has 0 radical (unpaired) electrons. The summed E-state index contributed by atoms with van der Waals surface area (Å²) in [5.41, 5.74) is 9.63. The van der Waals surface area contributed by atoms with Crippen LogP contribution in [0.5, 0.6) is 0 Å². The van der Waals surface area contributed by atoms with Gasteiger partial charge in [-0.2, -0.15) is 0 Å². The number of quaternary nitrogens is 2. The zero-order valence-corrected chi connectivity index (χ0v) is 23.5. The highest BCUT2D eigenvalue weighted by Crippen LogP contribution is 2.09. The predicted molar refractivity (Wildman–Crippen MR) is 150 cm³/mol. The number of unbranched alkanes of at least 4 members (excludes halogenated alkanes) is 4. The smallest absolute Gasteiger partial charge is 0.306 e. The van der Waals surface area contributed by atoms with E-state index in [9.17, 15) is 19.2 Å². The van der Waals surface area contributed by atoms with Gasteiger partial charge in [-0.15, -0.1) is 0 Å². The highest BCUT2D eigenvalue weighted by Gasteiger charge is 2.20. The van der Waals surface area contributed by atoms with Crippen LogP contribution >= 0.6 is 0 Å². The third kappa shape index (κ3) is 14.6. The number of carbonyl (C=O) groups excluding carboxylic acids is 4. The summed E-state index contributed by atoms with van der Waals surface area (Å²) in [6.45, 7) is 1.02. The lowest BCUT2D eigenvalue weighted by atomic mass is 10.0. The van der Waals surface area contributed by atoms with Gasteiger partial charge in [-0.3, -0.25) is 19.2 Å². The molecule has 2 atom stereocenters. The average Bonchev–Trinajstić information content (AvgIpc) is 2.98. The van der Waals surface area contributed by atoms with E-state index in [1.54, 1.807) is 0 Å². The fourth-order valence-electron chi connectivity index (χ4n) is 4.01. The largest absolute Gasteiger partial charge is 0.461 e. The molecule has 1 amide bonds. The molecule has 9 nitrogen and oxygen atoms in total. The van der Waals surface area contributed by atoms with Crippen molar-refractivity contribution in [3.63, 3.8) is 0 Å². The fourth-order valence-corrected chi connectivity index (χ4v) is 4.01. The lowest BCUT2D eigenvalue weighted by Crippen LogP contribution is -2.67. The van der Waals surface area contributed by atoms with Gasteiger partial charge in [0.1, 0.15) is 19.3 Å². The van der Waals surface area contributed by atoms with E-state index in [4.69, 9.17) is 9.47 Å². The van der Waals surface area contributed by atoms with Crippen LogP contribution in [0.3, 0.4) is 0 Å². The molecular weight excluding hydrogens is 510 g/mol. The molecule has 2 aromatic rings. The van der Waals surface area contributed by atoms with Crippen LogP contribution in [0.1, 0.15) is 75.3 Å². The number of ether oxygens (including phenoxy) is 2. The molecule has 2 aromatic carbocycles. The number of benzene rings is 2. The van der Waals surface area contributed by atoms with Crippen LogP contribution < -0.4 is 16.8 Å². The van der Waals surface area contributed by atoms with Crippen molar-refractivity contribution in [2.75, 3.05) is 6.54 Å². The lowest BCUT2D eigenvalue weighted by Gasteiger charge is -2.10. The number of esters is 2. The zero-order chi connectivity index (χ0) is 29.0. The minimum absolute atomic E-state index is 0.0774. The molecule has 0 aliphatic carbocycles. The molecule has 0 aliphatic heterocycles. The van der Waals surface area contributed by atoms with Crippen molar-refractivity contribution in [2.45, 2.75) is 89.5 Å². The van der Waals surface area contributed by atoms with E-state index in [2.05, 4.69) is 16.8 Å². The van der Waals surface area contributed by atoms with Crippen LogP contribution in [-0.4, -0.2) is 42.3 Å². The zero-order valence-electron chi connectivity index (χ0n) is 23.5. The van der Waals surface area contributed by atoms with Crippen molar-refractivity contribution in [3.8, 4) is 0 Å². The van der Waals surface area contributed by atoms with Gasteiger partial charge in [-0.1, -0.05) is 79.9 Å². The fraction of sp³-hybridized carbons (Fsp3) is 0.484. The van der Waals surface area contributed by atoms with E-state index >= 15 is 0 Å². The number of amides is 1. The van der Waals surface area contributed by atoms with Gasteiger partial charge in [0.2, 0.25) is 0 Å². The molecule has 9 heteroatoms. The number of Topliss-reactive ketones (excluding diaryl/α,β-unsaturated/α-hetero) is 1. The molecule has 0 bridgehead atoms. The summed E-state index contributed by atoms with van der Waals surface area (Å²) in [5, 5.41) is 2.88. The van der Waals surface area contributed by atoms with Crippen LogP contribution in [-0.2, 0) is 41.9 Å². The SMILES string of the molecule is [NH3+][C@@H](CCC(=O)OCc1ccccc1)C(=O)CCCCCCCNC(=O)[C@@H]([NH3+])CCC(=O)OCc1ccccc1. The van der Waals surface area contributed by atoms with Crippen molar-refractivity contribution in [3.05, 3.63) is 71.8 Å². The lowest BCUT2D eigenvalue weighted by molar-refractivity contribution is -0.405. The summed E-state index contributed by atoms with van der Waals surface area (Å²) in [4.78, 5) is 48.4. The monoisotopic (exact) mass is 555 g/mol. The molecule has 0 saturated carbocycles. The minimum atomic E-state index is -0.503. The van der Waals surface area contributed by atoms with Crippen LogP contribution in [0.4, 0.5) is 0 Å². The van der Waals surface area contributed by atoms with E-state index < -0.39 is 12.1 Å². The molecule has 0 heterocycles. The maximum absolute atomic E-state index is 12.3. The van der Waals surface area contributed by atoms with Crippen molar-refractivity contribution < 1.29 is 40.1 Å². The first-order valence-electron chi connectivity index (χ1n) is 14.2. The predicted octanol–water partition coefficient (Wildman–Crippen LogP) is 2.28. The third-order valence-corrected chi connectivity index (χ3v) is 6.60. The maximum atomic E-state index is 12.3. The van der Waals surface area contributed by atoms with Crippen LogP contribution in [0.15, 0.2) is 60.7 Å². The van der Waals surface area contributed by atoms with Gasteiger partial charge in [-0.25, -0.2) is 0 Å². The topological polar surface area (TPSA) is 154 Å². The Morgan fingerprint density at radius 3 is 1.65 bits per heavy atom. The van der Waals surface area contributed by atoms with E-state index in [1.807, 2.05) is 60.7 Å². The highest BCUT2D eigenvalue weighted by atomic mass is 16.5. The molecule has 2 rings (SSSR count). The van der Waals surface area contributed by atoms with Crippen LogP contribution in [0.2, 0.25) is 0 Å². The van der Waals surface area contributed by atoms with Gasteiger partial charge >= 0.3 is 11.9 Å². The van der Waals surface area contributed by atoms with Crippen molar-refractivity contribution in [2.24, 2.45) is 0 Å². The molecule has 0 saturated heterocycles. The second-order valence-corrected chi connectivity index (χ2v) is 10.0. The quantitative estimate of drug-likeness (QED) is 0.168. The molecule has 0 fully saturated rings. The molecule has 7 N–H and O–H groups in total. The molecule has 0 unspecified atom stereocenters. The van der Waals surface area contributed by atoms with E-state index in [1.165, 1.54) is 0 Å². The Hall–Kier alpha value is -3.56.